The van der Waals surface area contributed by atoms with Crippen molar-refractivity contribution in [1.82, 2.24) is 9.80 Å². The first-order valence-electron chi connectivity index (χ1n) is 16.0. The molecule has 0 unspecified atom stereocenters. The Morgan fingerprint density at radius 1 is 1.11 bits per heavy atom. The van der Waals surface area contributed by atoms with E-state index in [-0.39, 0.29) is 23.0 Å². The second-order valence-electron chi connectivity index (χ2n) is 13.7. The summed E-state index contributed by atoms with van der Waals surface area (Å²) in [6.45, 7) is 13.5. The summed E-state index contributed by atoms with van der Waals surface area (Å²) < 4.78 is 36.3. The lowest BCUT2D eigenvalue weighted by molar-refractivity contribution is -0.191. The molecule has 2 fully saturated rings. The van der Waals surface area contributed by atoms with Crippen LogP contribution in [0, 0.1) is 18.3 Å². The second kappa shape index (κ2) is 13.5. The summed E-state index contributed by atoms with van der Waals surface area (Å²) in [7, 11) is 3.51. The van der Waals surface area contributed by atoms with Crippen molar-refractivity contribution in [2.45, 2.75) is 77.4 Å². The minimum atomic E-state index is -3.89. The number of amides is 2. The van der Waals surface area contributed by atoms with Gasteiger partial charge in [0.15, 0.2) is 0 Å². The number of anilines is 1. The summed E-state index contributed by atoms with van der Waals surface area (Å²) >= 11 is 0. The number of hydrogen-bond donors (Lipinski definition) is 1. The Hall–Kier alpha value is -3.46. The van der Waals surface area contributed by atoms with E-state index in [1.54, 1.807) is 25.1 Å². The van der Waals surface area contributed by atoms with E-state index in [0.29, 0.717) is 43.7 Å². The van der Waals surface area contributed by atoms with Gasteiger partial charge in [-0.25, -0.2) is 0 Å². The van der Waals surface area contributed by atoms with Crippen LogP contribution in [0.5, 0.6) is 5.75 Å². The fourth-order valence-corrected chi connectivity index (χ4v) is 6.77. The molecule has 1 N–H and O–H groups in total. The number of piperidine rings is 2. The highest BCUT2D eigenvalue weighted by Crippen LogP contribution is 2.45. The monoisotopic (exact) mass is 625 g/mol. The Labute approximate surface area is 266 Å². The number of hydrogen-bond acceptors (Lipinski definition) is 5. The van der Waals surface area contributed by atoms with Crippen LogP contribution in [0.15, 0.2) is 55.1 Å². The van der Waals surface area contributed by atoms with Gasteiger partial charge in [0, 0.05) is 57.1 Å². The van der Waals surface area contributed by atoms with Crippen molar-refractivity contribution in [3.63, 3.8) is 0 Å². The maximum Gasteiger partial charge on any atom is 0.307 e. The van der Waals surface area contributed by atoms with Gasteiger partial charge in [-0.15, -0.1) is 0 Å². The zero-order valence-electron chi connectivity index (χ0n) is 27.6. The molecule has 1 atom stereocenters. The average Bonchev–Trinajstić information content (AvgIpc) is 3.00. The van der Waals surface area contributed by atoms with Crippen LogP contribution >= 0.6 is 0 Å². The van der Waals surface area contributed by atoms with Crippen LogP contribution in [0.1, 0.15) is 74.4 Å². The number of carbonyl (C=O) groups is 2. The highest BCUT2D eigenvalue weighted by molar-refractivity contribution is 5.95. The molecule has 2 aromatic rings. The Kier molecular flexibility index (Phi) is 10.3. The molecule has 246 valence electrons. The smallest absolute Gasteiger partial charge is 0.307 e. The molecule has 0 aromatic heterocycles. The van der Waals surface area contributed by atoms with Crippen LogP contribution in [0.3, 0.4) is 0 Å². The summed E-state index contributed by atoms with van der Waals surface area (Å²) in [5.41, 5.74) is -0.525. The van der Waals surface area contributed by atoms with Crippen molar-refractivity contribution in [3.05, 3.63) is 71.8 Å². The number of ether oxygens (including phenoxy) is 1. The predicted molar refractivity (Wildman–Crippen MR) is 174 cm³/mol. The number of nitrogens with zero attached hydrogens (tertiary/aromatic N) is 3. The molecule has 2 aromatic carbocycles. The molecule has 2 aliphatic rings. The highest BCUT2D eigenvalue weighted by Gasteiger charge is 2.59. The first kappa shape index (κ1) is 34.4. The van der Waals surface area contributed by atoms with Crippen LogP contribution in [-0.2, 0) is 10.4 Å². The zero-order chi connectivity index (χ0) is 33.2. The number of aryl methyl sites for hydroxylation is 1. The molecule has 2 aliphatic heterocycles. The topological polar surface area (TPSA) is 73.3 Å². The highest BCUT2D eigenvalue weighted by atomic mass is 19.3. The van der Waals surface area contributed by atoms with Gasteiger partial charge < -0.3 is 24.5 Å². The molecule has 0 radical (unpaired) electrons. The number of alkyl halides is 2. The van der Waals surface area contributed by atoms with Gasteiger partial charge in [0.2, 0.25) is 5.60 Å². The number of aliphatic hydroxyl groups is 1. The molecule has 0 saturated carbocycles. The van der Waals surface area contributed by atoms with E-state index in [2.05, 4.69) is 24.5 Å². The van der Waals surface area contributed by atoms with E-state index in [1.807, 2.05) is 32.9 Å². The molecule has 45 heavy (non-hydrogen) atoms. The zero-order valence-corrected chi connectivity index (χ0v) is 27.6. The Bertz CT molecular complexity index is 1380. The number of benzene rings is 2. The lowest BCUT2D eigenvalue weighted by Gasteiger charge is -2.45. The van der Waals surface area contributed by atoms with Crippen molar-refractivity contribution < 1.29 is 28.2 Å². The second-order valence-corrected chi connectivity index (χ2v) is 13.7. The van der Waals surface area contributed by atoms with Crippen molar-refractivity contribution in [3.8, 4) is 5.75 Å². The quantitative estimate of drug-likeness (QED) is 0.308. The normalized spacial score (nSPS) is 18.8. The molecule has 7 nitrogen and oxygen atoms in total. The summed E-state index contributed by atoms with van der Waals surface area (Å²) in [6, 6.07) is 11.8. The van der Waals surface area contributed by atoms with Crippen LogP contribution in [0.25, 0.3) is 0 Å². The van der Waals surface area contributed by atoms with Crippen molar-refractivity contribution in [1.29, 1.82) is 0 Å². The molecule has 2 amide bonds. The maximum absolute atomic E-state index is 15.3. The van der Waals surface area contributed by atoms with Gasteiger partial charge in [0.1, 0.15) is 5.75 Å². The fraction of sp³-hybridized carbons (Fsp3) is 0.556. The number of carbonyl (C=O) groups excluding carboxylic acids is 2. The molecule has 2 saturated heterocycles. The summed E-state index contributed by atoms with van der Waals surface area (Å²) in [5, 5.41) is 11.5. The van der Waals surface area contributed by atoms with Gasteiger partial charge in [-0.2, -0.15) is 8.78 Å². The van der Waals surface area contributed by atoms with E-state index in [9.17, 15) is 14.7 Å². The first-order valence-corrected chi connectivity index (χ1v) is 16.0. The van der Waals surface area contributed by atoms with E-state index in [1.165, 1.54) is 23.1 Å². The minimum Gasteiger partial charge on any atom is -0.491 e. The van der Waals surface area contributed by atoms with E-state index < -0.39 is 17.4 Å². The van der Waals surface area contributed by atoms with E-state index >= 15 is 8.78 Å². The number of halogens is 2. The third-order valence-electron chi connectivity index (χ3n) is 9.54. The van der Waals surface area contributed by atoms with Gasteiger partial charge >= 0.3 is 5.92 Å². The van der Waals surface area contributed by atoms with Gasteiger partial charge in [-0.3, -0.25) is 9.59 Å². The standard InChI is InChI=1S/C36H49F2N3O4/c1-8-35(37,38)36(44,28-10-9-11-30(23-28)45-25(2)3)33(43)41-20-16-34(5,17-21-41)24-27-14-18-40(19-15-27)29-12-13-31(26(4)22-29)32(42)39(6)7/h8-13,22-23,25,27,44H,1,14-21,24H2,2-7H3/t36-/m1/s1. The molecule has 2 heterocycles. The third-order valence-corrected chi connectivity index (χ3v) is 9.54. The third kappa shape index (κ3) is 7.35. The number of rotatable bonds is 10. The fourth-order valence-electron chi connectivity index (χ4n) is 6.77. The minimum absolute atomic E-state index is 0.00304. The lowest BCUT2D eigenvalue weighted by Crippen LogP contribution is -2.58. The Morgan fingerprint density at radius 3 is 2.31 bits per heavy atom. The molecule has 0 aliphatic carbocycles. The van der Waals surface area contributed by atoms with E-state index in [4.69, 9.17) is 4.74 Å². The van der Waals surface area contributed by atoms with Crippen LogP contribution in [-0.4, -0.2) is 79.0 Å². The summed E-state index contributed by atoms with van der Waals surface area (Å²) in [6.07, 6.45) is 4.56. The molecule has 9 heteroatoms. The largest absolute Gasteiger partial charge is 0.491 e. The van der Waals surface area contributed by atoms with Crippen molar-refractivity contribution >= 4 is 17.5 Å². The van der Waals surface area contributed by atoms with Crippen molar-refractivity contribution in [2.75, 3.05) is 45.2 Å². The van der Waals surface area contributed by atoms with Gasteiger partial charge in [-0.05, 0) is 106 Å². The summed E-state index contributed by atoms with van der Waals surface area (Å²) in [5.74, 6) is -4.08. The molecule has 0 spiro atoms. The maximum atomic E-state index is 15.3. The Balaban J connectivity index is 1.38. The van der Waals surface area contributed by atoms with Gasteiger partial charge in [0.05, 0.1) is 6.10 Å². The SMILES string of the molecule is C=CC(F)(F)[C@](O)(C(=O)N1CCC(C)(CC2CCN(c3ccc(C(=O)N(C)C)c(C)c3)CC2)CC1)c1cccc(OC(C)C)c1. The molecular weight excluding hydrogens is 576 g/mol. The van der Waals surface area contributed by atoms with Gasteiger partial charge in [-0.1, -0.05) is 25.6 Å². The summed E-state index contributed by atoms with van der Waals surface area (Å²) in [4.78, 5) is 31.5. The van der Waals surface area contributed by atoms with Crippen molar-refractivity contribution in [2.24, 2.45) is 11.3 Å². The van der Waals surface area contributed by atoms with Crippen LogP contribution in [0.2, 0.25) is 0 Å². The molecule has 0 bridgehead atoms. The van der Waals surface area contributed by atoms with Gasteiger partial charge in [0.25, 0.3) is 11.8 Å². The average molecular weight is 626 g/mol. The van der Waals surface area contributed by atoms with E-state index in [0.717, 1.165) is 49.2 Å². The number of likely N-dealkylation sites (tertiary alicyclic amines) is 1. The predicted octanol–water partition coefficient (Wildman–Crippen LogP) is 6.43. The van der Waals surface area contributed by atoms with Crippen LogP contribution < -0.4 is 9.64 Å². The molecular formula is C36H49F2N3O4. The van der Waals surface area contributed by atoms with Crippen LogP contribution in [0.4, 0.5) is 14.5 Å². The molecule has 4 rings (SSSR count). The Morgan fingerprint density at radius 2 is 1.76 bits per heavy atom. The lowest BCUT2D eigenvalue weighted by atomic mass is 9.71. The first-order chi connectivity index (χ1) is 21.1.